The fourth-order valence-electron chi connectivity index (χ4n) is 3.75. The first-order valence-corrected chi connectivity index (χ1v) is 8.79. The molecule has 0 aromatic rings. The van der Waals surface area contributed by atoms with E-state index in [0.29, 0.717) is 11.5 Å². The summed E-state index contributed by atoms with van der Waals surface area (Å²) in [5.74, 6) is 0.796. The zero-order chi connectivity index (χ0) is 12.9. The Kier molecular flexibility index (Phi) is 3.22. The van der Waals surface area contributed by atoms with Gasteiger partial charge in [-0.1, -0.05) is 20.8 Å². The van der Waals surface area contributed by atoms with Gasteiger partial charge in [0.25, 0.3) is 0 Å². The van der Waals surface area contributed by atoms with Crippen LogP contribution >= 0.6 is 0 Å². The lowest BCUT2D eigenvalue weighted by Gasteiger charge is -2.41. The molecule has 0 aromatic heterocycles. The first kappa shape index (κ1) is 13.5. The highest BCUT2D eigenvalue weighted by Crippen LogP contribution is 2.66. The van der Waals surface area contributed by atoms with E-state index in [0.717, 1.165) is 5.92 Å². The highest BCUT2D eigenvalue weighted by Gasteiger charge is 2.63. The summed E-state index contributed by atoms with van der Waals surface area (Å²) in [4.78, 5) is 0. The van der Waals surface area contributed by atoms with Crippen LogP contribution in [0.25, 0.3) is 0 Å². The van der Waals surface area contributed by atoms with Crippen molar-refractivity contribution in [3.63, 3.8) is 0 Å². The van der Waals surface area contributed by atoms with E-state index in [-0.39, 0.29) is 5.41 Å². The van der Waals surface area contributed by atoms with Crippen molar-refractivity contribution in [3.05, 3.63) is 0 Å². The smallest absolute Gasteiger partial charge is 0.377 e. The van der Waals surface area contributed by atoms with Crippen LogP contribution in [0.1, 0.15) is 40.0 Å². The fraction of sp³-hybridized carbons (Fsp3) is 1.00. The molecule has 0 N–H and O–H groups in total. The van der Waals surface area contributed by atoms with Crippen LogP contribution in [0.4, 0.5) is 0 Å². The third kappa shape index (κ3) is 1.81. The molecule has 2 fully saturated rings. The molecule has 2 saturated carbocycles. The highest BCUT2D eigenvalue weighted by molar-refractivity contribution is 6.59. The van der Waals surface area contributed by atoms with Gasteiger partial charge in [-0.05, 0) is 36.0 Å². The predicted octanol–water partition coefficient (Wildman–Crippen LogP) is 3.08. The summed E-state index contributed by atoms with van der Waals surface area (Å²) in [5, 5.41) is 0. The van der Waals surface area contributed by atoms with E-state index in [2.05, 4.69) is 20.8 Å². The summed E-state index contributed by atoms with van der Waals surface area (Å²) in [6.07, 6.45) is 4.08. The van der Waals surface area contributed by atoms with E-state index in [9.17, 15) is 0 Å². The van der Waals surface area contributed by atoms with Crippen molar-refractivity contribution in [3.8, 4) is 0 Å². The Morgan fingerprint density at radius 2 is 1.71 bits per heavy atom. The molecule has 17 heavy (non-hydrogen) atoms. The minimum Gasteiger partial charge on any atom is -0.377 e. The van der Waals surface area contributed by atoms with Crippen LogP contribution in [0.15, 0.2) is 0 Å². The third-order valence-corrected chi connectivity index (χ3v) is 8.01. The van der Waals surface area contributed by atoms with Gasteiger partial charge < -0.3 is 13.3 Å². The van der Waals surface area contributed by atoms with E-state index in [4.69, 9.17) is 13.3 Å². The first-order chi connectivity index (χ1) is 7.79. The average Bonchev–Trinajstić information content (AvgIpc) is 2.62. The average molecular weight is 258 g/mol. The second-order valence-corrected chi connectivity index (χ2v) is 9.26. The van der Waals surface area contributed by atoms with E-state index in [1.54, 1.807) is 14.2 Å². The molecule has 4 heteroatoms. The van der Waals surface area contributed by atoms with Crippen molar-refractivity contribution < 1.29 is 13.3 Å². The molecule has 3 nitrogen and oxygen atoms in total. The van der Waals surface area contributed by atoms with Crippen molar-refractivity contribution in [2.45, 2.75) is 52.7 Å². The molecular weight excluding hydrogens is 232 g/mol. The van der Waals surface area contributed by atoms with Crippen LogP contribution in [0.3, 0.4) is 0 Å². The van der Waals surface area contributed by atoms with Gasteiger partial charge in [0.1, 0.15) is 0 Å². The van der Waals surface area contributed by atoms with Crippen LogP contribution in [0.2, 0.25) is 6.55 Å². The Morgan fingerprint density at radius 1 is 1.12 bits per heavy atom. The minimum atomic E-state index is -2.41. The van der Waals surface area contributed by atoms with Gasteiger partial charge in [-0.25, -0.2) is 0 Å². The van der Waals surface area contributed by atoms with Crippen LogP contribution in [-0.4, -0.2) is 29.1 Å². The van der Waals surface area contributed by atoms with Gasteiger partial charge in [-0.2, -0.15) is 0 Å². The summed E-state index contributed by atoms with van der Waals surface area (Å²) in [5.41, 5.74) is 0.664. The van der Waals surface area contributed by atoms with E-state index < -0.39 is 8.80 Å². The second kappa shape index (κ2) is 4.05. The minimum absolute atomic E-state index is 0.281. The molecule has 3 atom stereocenters. The Hall–Kier alpha value is 0.0969. The zero-order valence-electron chi connectivity index (χ0n) is 12.0. The lowest BCUT2D eigenvalue weighted by molar-refractivity contribution is -0.0216. The fourth-order valence-corrected chi connectivity index (χ4v) is 4.98. The third-order valence-electron chi connectivity index (χ3n) is 5.81. The molecule has 0 aromatic carbocycles. The maximum Gasteiger partial charge on any atom is 0.497 e. The topological polar surface area (TPSA) is 27.7 Å². The van der Waals surface area contributed by atoms with Gasteiger partial charge in [0, 0.05) is 20.8 Å². The lowest BCUT2D eigenvalue weighted by atomic mass is 9.70. The predicted molar refractivity (Wildman–Crippen MR) is 69.7 cm³/mol. The summed E-state index contributed by atoms with van der Waals surface area (Å²) < 4.78 is 17.2. The SMILES string of the molecule is CO[Si](C)(OC)O[C@@H]1C[C@@H]2CC[C@@]1(C)C2(C)C. The van der Waals surface area contributed by atoms with Crippen LogP contribution in [-0.2, 0) is 13.3 Å². The first-order valence-electron chi connectivity index (χ1n) is 6.57. The van der Waals surface area contributed by atoms with Crippen molar-refractivity contribution in [2.24, 2.45) is 16.7 Å². The standard InChI is InChI=1S/C13H26O3Si/c1-12(2)10-7-8-13(12,3)11(9-10)16-17(6,14-4)15-5/h10-11H,7-9H2,1-6H3/t10-,11+,13+/m0/s1. The Balaban J connectivity index is 2.16. The molecule has 0 spiro atoms. The van der Waals surface area contributed by atoms with Gasteiger partial charge >= 0.3 is 8.80 Å². The monoisotopic (exact) mass is 258 g/mol. The van der Waals surface area contributed by atoms with Crippen molar-refractivity contribution in [1.82, 2.24) is 0 Å². The molecule has 0 aliphatic heterocycles. The van der Waals surface area contributed by atoms with Crippen LogP contribution < -0.4 is 0 Å². The Labute approximate surface area is 106 Å². The van der Waals surface area contributed by atoms with Gasteiger partial charge in [0.05, 0.1) is 6.10 Å². The van der Waals surface area contributed by atoms with E-state index in [1.165, 1.54) is 19.3 Å². The second-order valence-electron chi connectivity index (χ2n) is 6.49. The van der Waals surface area contributed by atoms with Crippen molar-refractivity contribution >= 4 is 8.80 Å². The maximum atomic E-state index is 6.26. The molecule has 0 heterocycles. The zero-order valence-corrected chi connectivity index (χ0v) is 13.0. The molecule has 0 radical (unpaired) electrons. The van der Waals surface area contributed by atoms with E-state index >= 15 is 0 Å². The molecule has 0 saturated heterocycles. The number of fused-ring (bicyclic) bond motifs is 2. The van der Waals surface area contributed by atoms with Gasteiger partial charge in [0.2, 0.25) is 0 Å². The molecule has 2 aliphatic rings. The molecule has 100 valence electrons. The maximum absolute atomic E-state index is 6.26. The van der Waals surface area contributed by atoms with Gasteiger partial charge in [-0.15, -0.1) is 0 Å². The number of rotatable bonds is 4. The summed E-state index contributed by atoms with van der Waals surface area (Å²) in [7, 11) is 0.972. The van der Waals surface area contributed by atoms with Crippen LogP contribution in [0.5, 0.6) is 0 Å². The quantitative estimate of drug-likeness (QED) is 0.725. The van der Waals surface area contributed by atoms with Crippen molar-refractivity contribution in [2.75, 3.05) is 14.2 Å². The summed E-state index contributed by atoms with van der Waals surface area (Å²) >= 11 is 0. The van der Waals surface area contributed by atoms with Crippen molar-refractivity contribution in [1.29, 1.82) is 0 Å². The Morgan fingerprint density at radius 3 is 2.06 bits per heavy atom. The van der Waals surface area contributed by atoms with Crippen LogP contribution in [0, 0.1) is 16.7 Å². The number of hydrogen-bond donors (Lipinski definition) is 0. The molecule has 0 unspecified atom stereocenters. The number of hydrogen-bond acceptors (Lipinski definition) is 3. The highest BCUT2D eigenvalue weighted by atomic mass is 28.4. The summed E-state index contributed by atoms with van der Waals surface area (Å²) in [6, 6.07) is 0. The molecule has 2 aliphatic carbocycles. The molecule has 0 amide bonds. The van der Waals surface area contributed by atoms with Gasteiger partial charge in [0.15, 0.2) is 0 Å². The van der Waals surface area contributed by atoms with Gasteiger partial charge in [-0.3, -0.25) is 0 Å². The normalized spacial score (nSPS) is 39.9. The Bertz CT molecular complexity index is 301. The molecule has 2 bridgehead atoms. The molecule has 2 rings (SSSR count). The molecular formula is C13H26O3Si. The lowest BCUT2D eigenvalue weighted by Crippen LogP contribution is -2.48. The van der Waals surface area contributed by atoms with E-state index in [1.807, 2.05) is 6.55 Å². The largest absolute Gasteiger partial charge is 0.497 e. The summed E-state index contributed by atoms with van der Waals surface area (Å²) in [6.45, 7) is 9.15.